The number of carbonyl (C=O) groups is 1. The average molecular weight is 279 g/mol. The number of nitrogens with zero attached hydrogens (tertiary/aromatic N) is 3. The molecule has 1 aliphatic heterocycles. The van der Waals surface area contributed by atoms with Crippen LogP contribution in [0.1, 0.15) is 23.7 Å². The molecule has 2 rings (SSSR count). The van der Waals surface area contributed by atoms with E-state index in [1.54, 1.807) is 4.90 Å². The smallest absolute Gasteiger partial charge is 0.277 e. The van der Waals surface area contributed by atoms with Crippen molar-refractivity contribution in [2.75, 3.05) is 13.1 Å². The number of hydrogen-bond acceptors (Lipinski definition) is 5. The first-order chi connectivity index (χ1) is 9.38. The number of nitro groups is 2. The monoisotopic (exact) mass is 279 g/mol. The molecule has 0 spiro atoms. The normalized spacial score (nSPS) is 18.1. The minimum Gasteiger partial charge on any atom is -0.338 e. The zero-order chi connectivity index (χ0) is 14.9. The molecule has 1 amide bonds. The maximum absolute atomic E-state index is 12.2. The molecule has 1 aromatic rings. The molecule has 1 aromatic carbocycles. The minimum absolute atomic E-state index is 0.0139. The third-order valence-electron chi connectivity index (χ3n) is 3.28. The van der Waals surface area contributed by atoms with Gasteiger partial charge in [0.25, 0.3) is 17.3 Å². The molecule has 0 bridgehead atoms. The summed E-state index contributed by atoms with van der Waals surface area (Å²) in [6, 6.07) is 3.01. The van der Waals surface area contributed by atoms with Gasteiger partial charge in [0.1, 0.15) is 0 Å². The van der Waals surface area contributed by atoms with Crippen molar-refractivity contribution in [1.82, 2.24) is 4.90 Å². The van der Waals surface area contributed by atoms with Gasteiger partial charge in [-0.05, 0) is 12.3 Å². The fourth-order valence-corrected chi connectivity index (χ4v) is 2.23. The van der Waals surface area contributed by atoms with E-state index in [9.17, 15) is 25.0 Å². The molecule has 1 heterocycles. The van der Waals surface area contributed by atoms with Gasteiger partial charge in [-0.15, -0.1) is 0 Å². The average Bonchev–Trinajstić information content (AvgIpc) is 2.83. The fraction of sp³-hybridized carbons (Fsp3) is 0.417. The number of amides is 1. The van der Waals surface area contributed by atoms with E-state index in [1.165, 1.54) is 0 Å². The maximum atomic E-state index is 12.2. The molecular weight excluding hydrogens is 266 g/mol. The van der Waals surface area contributed by atoms with Gasteiger partial charge < -0.3 is 4.90 Å². The Bertz CT molecular complexity index is 554. The van der Waals surface area contributed by atoms with Crippen LogP contribution < -0.4 is 0 Å². The van der Waals surface area contributed by atoms with Crippen LogP contribution in [0.4, 0.5) is 11.4 Å². The molecule has 0 N–H and O–H groups in total. The standard InChI is InChI=1S/C12H13N3O5/c1-8-2-3-13(7-8)12(16)9-4-10(14(17)18)6-11(5-9)15(19)20/h4-6,8H,2-3,7H2,1H3. The van der Waals surface area contributed by atoms with Crippen LogP contribution in [0.3, 0.4) is 0 Å². The summed E-state index contributed by atoms with van der Waals surface area (Å²) in [4.78, 5) is 33.9. The van der Waals surface area contributed by atoms with Crippen LogP contribution in [0.2, 0.25) is 0 Å². The van der Waals surface area contributed by atoms with Crippen LogP contribution in [0.15, 0.2) is 18.2 Å². The lowest BCUT2D eigenvalue weighted by Crippen LogP contribution is -2.28. The fourth-order valence-electron chi connectivity index (χ4n) is 2.23. The summed E-state index contributed by atoms with van der Waals surface area (Å²) in [5.41, 5.74) is -0.912. The topological polar surface area (TPSA) is 107 Å². The summed E-state index contributed by atoms with van der Waals surface area (Å²) < 4.78 is 0. The van der Waals surface area contributed by atoms with Gasteiger partial charge in [-0.1, -0.05) is 6.92 Å². The van der Waals surface area contributed by atoms with E-state index in [4.69, 9.17) is 0 Å². The van der Waals surface area contributed by atoms with Crippen LogP contribution in [0.5, 0.6) is 0 Å². The highest BCUT2D eigenvalue weighted by Gasteiger charge is 2.27. The highest BCUT2D eigenvalue weighted by molar-refractivity contribution is 5.95. The summed E-state index contributed by atoms with van der Waals surface area (Å²) in [7, 11) is 0. The van der Waals surface area contributed by atoms with Gasteiger partial charge in [0.05, 0.1) is 21.5 Å². The van der Waals surface area contributed by atoms with E-state index in [1.807, 2.05) is 6.92 Å². The third kappa shape index (κ3) is 2.73. The molecule has 8 nitrogen and oxygen atoms in total. The molecule has 1 atom stereocenters. The minimum atomic E-state index is -0.740. The number of nitro benzene ring substituents is 2. The first kappa shape index (κ1) is 13.9. The molecule has 1 fully saturated rings. The molecule has 8 heteroatoms. The molecule has 106 valence electrons. The SMILES string of the molecule is CC1CCN(C(=O)c2cc([N+](=O)[O-])cc([N+](=O)[O-])c2)C1. The Labute approximate surface area is 114 Å². The Morgan fingerprint density at radius 2 is 1.75 bits per heavy atom. The Morgan fingerprint density at radius 1 is 1.20 bits per heavy atom. The number of rotatable bonds is 3. The van der Waals surface area contributed by atoms with Gasteiger partial charge in [0.2, 0.25) is 0 Å². The number of benzene rings is 1. The molecule has 1 aliphatic rings. The summed E-state index contributed by atoms with van der Waals surface area (Å²) in [5.74, 6) is -0.0335. The van der Waals surface area contributed by atoms with E-state index in [0.29, 0.717) is 19.0 Å². The van der Waals surface area contributed by atoms with E-state index >= 15 is 0 Å². The quantitative estimate of drug-likeness (QED) is 0.621. The molecule has 0 saturated carbocycles. The van der Waals surface area contributed by atoms with Crippen LogP contribution >= 0.6 is 0 Å². The van der Waals surface area contributed by atoms with Crippen molar-refractivity contribution in [1.29, 1.82) is 0 Å². The van der Waals surface area contributed by atoms with Gasteiger partial charge >= 0.3 is 0 Å². The van der Waals surface area contributed by atoms with Crippen LogP contribution in [-0.4, -0.2) is 33.7 Å². The third-order valence-corrected chi connectivity index (χ3v) is 3.28. The van der Waals surface area contributed by atoms with Crippen molar-refractivity contribution in [3.8, 4) is 0 Å². The molecular formula is C12H13N3O5. The van der Waals surface area contributed by atoms with E-state index < -0.39 is 27.1 Å². The highest BCUT2D eigenvalue weighted by Crippen LogP contribution is 2.25. The van der Waals surface area contributed by atoms with Gasteiger partial charge in [0.15, 0.2) is 0 Å². The highest BCUT2D eigenvalue weighted by atomic mass is 16.6. The lowest BCUT2D eigenvalue weighted by Gasteiger charge is -2.15. The lowest BCUT2D eigenvalue weighted by atomic mass is 10.1. The van der Waals surface area contributed by atoms with Crippen molar-refractivity contribution >= 4 is 17.3 Å². The maximum Gasteiger partial charge on any atom is 0.277 e. The Hall–Kier alpha value is -2.51. The number of hydrogen-bond donors (Lipinski definition) is 0. The summed E-state index contributed by atoms with van der Waals surface area (Å²) in [6.07, 6.45) is 0.864. The summed E-state index contributed by atoms with van der Waals surface area (Å²) in [5, 5.41) is 21.6. The zero-order valence-electron chi connectivity index (χ0n) is 10.8. The number of carbonyl (C=O) groups excluding carboxylic acids is 1. The second-order valence-corrected chi connectivity index (χ2v) is 4.90. The van der Waals surface area contributed by atoms with Gasteiger partial charge in [-0.25, -0.2) is 0 Å². The first-order valence-electron chi connectivity index (χ1n) is 6.11. The predicted molar refractivity (Wildman–Crippen MR) is 69.4 cm³/mol. The molecule has 0 aromatic heterocycles. The molecule has 0 aliphatic carbocycles. The van der Waals surface area contributed by atoms with Gasteiger partial charge in [-0.3, -0.25) is 25.0 Å². The second-order valence-electron chi connectivity index (χ2n) is 4.90. The van der Waals surface area contributed by atoms with Gasteiger partial charge in [0, 0.05) is 25.2 Å². The lowest BCUT2D eigenvalue weighted by molar-refractivity contribution is -0.394. The molecule has 20 heavy (non-hydrogen) atoms. The molecule has 1 unspecified atom stereocenters. The van der Waals surface area contributed by atoms with E-state index in [0.717, 1.165) is 24.6 Å². The zero-order valence-corrected chi connectivity index (χ0v) is 10.8. The van der Waals surface area contributed by atoms with Crippen molar-refractivity contribution in [3.63, 3.8) is 0 Å². The Morgan fingerprint density at radius 3 is 2.15 bits per heavy atom. The van der Waals surface area contributed by atoms with E-state index in [2.05, 4.69) is 0 Å². The van der Waals surface area contributed by atoms with Crippen LogP contribution in [-0.2, 0) is 0 Å². The Kier molecular flexibility index (Phi) is 3.64. The van der Waals surface area contributed by atoms with Gasteiger partial charge in [-0.2, -0.15) is 0 Å². The number of likely N-dealkylation sites (tertiary alicyclic amines) is 1. The molecule has 1 saturated heterocycles. The van der Waals surface area contributed by atoms with E-state index in [-0.39, 0.29) is 5.56 Å². The van der Waals surface area contributed by atoms with Crippen molar-refractivity contribution in [2.24, 2.45) is 5.92 Å². The number of non-ortho nitro benzene ring substituents is 2. The first-order valence-corrected chi connectivity index (χ1v) is 6.11. The molecule has 0 radical (unpaired) electrons. The van der Waals surface area contributed by atoms with Crippen LogP contribution in [0.25, 0.3) is 0 Å². The Balaban J connectivity index is 2.37. The summed E-state index contributed by atoms with van der Waals surface area (Å²) in [6.45, 7) is 3.13. The van der Waals surface area contributed by atoms with Crippen molar-refractivity contribution in [2.45, 2.75) is 13.3 Å². The summed E-state index contributed by atoms with van der Waals surface area (Å²) >= 11 is 0. The van der Waals surface area contributed by atoms with Crippen LogP contribution in [0, 0.1) is 26.1 Å². The second kappa shape index (κ2) is 5.24. The largest absolute Gasteiger partial charge is 0.338 e. The van der Waals surface area contributed by atoms with Crippen molar-refractivity contribution in [3.05, 3.63) is 44.0 Å². The predicted octanol–water partition coefficient (Wildman–Crippen LogP) is 1.98. The van der Waals surface area contributed by atoms with Crippen molar-refractivity contribution < 1.29 is 14.6 Å².